The van der Waals surface area contributed by atoms with Crippen molar-refractivity contribution < 1.29 is 19.1 Å². The summed E-state index contributed by atoms with van der Waals surface area (Å²) in [5.41, 5.74) is 1.35. The Labute approximate surface area is 137 Å². The minimum absolute atomic E-state index is 0.0364. The monoisotopic (exact) mass is 316 g/mol. The molecule has 0 unspecified atom stereocenters. The number of allylic oxidation sites excluding steroid dienone is 1. The van der Waals surface area contributed by atoms with Gasteiger partial charge in [-0.25, -0.2) is 4.79 Å². The molecular weight excluding hydrogens is 292 g/mol. The molecule has 0 bridgehead atoms. The van der Waals surface area contributed by atoms with Crippen molar-refractivity contribution in [2.45, 2.75) is 40.0 Å². The van der Waals surface area contributed by atoms with E-state index in [0.29, 0.717) is 12.0 Å². The smallest absolute Gasteiger partial charge is 0.379 e. The van der Waals surface area contributed by atoms with E-state index < -0.39 is 11.8 Å². The van der Waals surface area contributed by atoms with Crippen LogP contribution in [0.2, 0.25) is 0 Å². The summed E-state index contributed by atoms with van der Waals surface area (Å²) in [6, 6.07) is 6.95. The van der Waals surface area contributed by atoms with E-state index in [1.165, 1.54) is 6.08 Å². The number of ether oxygens (including phenoxy) is 1. The Morgan fingerprint density at radius 1 is 1.17 bits per heavy atom. The molecule has 0 atom stereocenters. The minimum atomic E-state index is -0.830. The highest BCUT2D eigenvalue weighted by Gasteiger charge is 2.21. The third-order valence-corrected chi connectivity index (χ3v) is 3.64. The molecule has 1 aromatic carbocycles. The molecule has 1 aromatic rings. The number of ketones is 2. The number of hydrogen-bond donors (Lipinski definition) is 0. The van der Waals surface area contributed by atoms with Crippen LogP contribution in [0.5, 0.6) is 0 Å². The van der Waals surface area contributed by atoms with Crippen LogP contribution < -0.4 is 0 Å². The number of esters is 1. The predicted molar refractivity (Wildman–Crippen MR) is 89.3 cm³/mol. The SMILES string of the molecule is C=CC(=O)CCC(C)(C)Cc1ccc(C(=O)C(=O)OCC)cc1. The van der Waals surface area contributed by atoms with Gasteiger partial charge in [-0.15, -0.1) is 0 Å². The van der Waals surface area contributed by atoms with E-state index in [0.717, 1.165) is 18.4 Å². The molecule has 0 heterocycles. The molecule has 4 nitrogen and oxygen atoms in total. The second-order valence-corrected chi connectivity index (χ2v) is 6.26. The molecule has 0 fully saturated rings. The fourth-order valence-electron chi connectivity index (χ4n) is 2.29. The van der Waals surface area contributed by atoms with Crippen LogP contribution >= 0.6 is 0 Å². The second-order valence-electron chi connectivity index (χ2n) is 6.26. The van der Waals surface area contributed by atoms with Crippen molar-refractivity contribution in [1.82, 2.24) is 0 Å². The van der Waals surface area contributed by atoms with Crippen LogP contribution in [0.4, 0.5) is 0 Å². The van der Waals surface area contributed by atoms with E-state index in [-0.39, 0.29) is 17.8 Å². The molecule has 0 amide bonds. The average Bonchev–Trinajstić information content (AvgIpc) is 2.52. The van der Waals surface area contributed by atoms with Gasteiger partial charge in [0.05, 0.1) is 6.61 Å². The summed E-state index contributed by atoms with van der Waals surface area (Å²) in [7, 11) is 0. The molecule has 4 heteroatoms. The van der Waals surface area contributed by atoms with Crippen LogP contribution in [-0.4, -0.2) is 24.1 Å². The van der Waals surface area contributed by atoms with Crippen molar-refractivity contribution in [2.24, 2.45) is 5.41 Å². The standard InChI is InChI=1S/C19H24O4/c1-5-16(20)11-12-19(3,4)13-14-7-9-15(10-8-14)17(21)18(22)23-6-2/h5,7-10H,1,6,11-13H2,2-4H3. The summed E-state index contributed by atoms with van der Waals surface area (Å²) in [5.74, 6) is -1.41. The number of rotatable bonds is 9. The highest BCUT2D eigenvalue weighted by Crippen LogP contribution is 2.27. The van der Waals surface area contributed by atoms with Gasteiger partial charge in [-0.3, -0.25) is 9.59 Å². The normalized spacial score (nSPS) is 10.9. The third kappa shape index (κ3) is 6.19. The first-order valence-corrected chi connectivity index (χ1v) is 7.74. The van der Waals surface area contributed by atoms with Crippen molar-refractivity contribution >= 4 is 17.5 Å². The van der Waals surface area contributed by atoms with Crippen LogP contribution in [-0.2, 0) is 20.7 Å². The zero-order chi connectivity index (χ0) is 17.5. The Hall–Kier alpha value is -2.23. The number of hydrogen-bond acceptors (Lipinski definition) is 4. The summed E-state index contributed by atoms with van der Waals surface area (Å²) in [4.78, 5) is 34.6. The summed E-state index contributed by atoms with van der Waals surface area (Å²) in [6.07, 6.45) is 3.38. The van der Waals surface area contributed by atoms with Crippen molar-refractivity contribution in [3.63, 3.8) is 0 Å². The lowest BCUT2D eigenvalue weighted by molar-refractivity contribution is -0.137. The number of benzene rings is 1. The summed E-state index contributed by atoms with van der Waals surface area (Å²) in [6.45, 7) is 9.52. The van der Waals surface area contributed by atoms with Gasteiger partial charge in [0.25, 0.3) is 5.78 Å². The van der Waals surface area contributed by atoms with Gasteiger partial charge in [-0.1, -0.05) is 44.7 Å². The quantitative estimate of drug-likeness (QED) is 0.302. The van der Waals surface area contributed by atoms with Crippen molar-refractivity contribution in [1.29, 1.82) is 0 Å². The van der Waals surface area contributed by atoms with Crippen molar-refractivity contribution in [3.05, 3.63) is 48.0 Å². The topological polar surface area (TPSA) is 60.4 Å². The average molecular weight is 316 g/mol. The molecule has 23 heavy (non-hydrogen) atoms. The fraction of sp³-hybridized carbons (Fsp3) is 0.421. The summed E-state index contributed by atoms with van der Waals surface area (Å²) >= 11 is 0. The number of carbonyl (C=O) groups is 3. The van der Waals surface area contributed by atoms with Crippen LogP contribution in [0, 0.1) is 5.41 Å². The number of carbonyl (C=O) groups excluding carboxylic acids is 3. The Bertz CT molecular complexity index is 582. The minimum Gasteiger partial charge on any atom is -0.460 e. The zero-order valence-electron chi connectivity index (χ0n) is 14.1. The summed E-state index contributed by atoms with van der Waals surface area (Å²) in [5, 5.41) is 0. The maximum absolute atomic E-state index is 11.8. The van der Waals surface area contributed by atoms with Gasteiger partial charge in [-0.2, -0.15) is 0 Å². The summed E-state index contributed by atoms with van der Waals surface area (Å²) < 4.78 is 4.71. The Morgan fingerprint density at radius 3 is 2.30 bits per heavy atom. The molecule has 1 rings (SSSR count). The van der Waals surface area contributed by atoms with E-state index in [1.807, 2.05) is 12.1 Å². The molecule has 0 aliphatic carbocycles. The van der Waals surface area contributed by atoms with Crippen LogP contribution in [0.3, 0.4) is 0 Å². The van der Waals surface area contributed by atoms with E-state index in [9.17, 15) is 14.4 Å². The van der Waals surface area contributed by atoms with Gasteiger partial charge in [0.1, 0.15) is 0 Å². The molecule has 0 spiro atoms. The molecule has 0 N–H and O–H groups in total. The Balaban J connectivity index is 2.69. The van der Waals surface area contributed by atoms with Crippen LogP contribution in [0.15, 0.2) is 36.9 Å². The molecule has 0 aliphatic rings. The number of Topliss-reactive ketones (excluding diaryl/α,β-unsaturated/α-hetero) is 1. The lowest BCUT2D eigenvalue weighted by Gasteiger charge is -2.24. The van der Waals surface area contributed by atoms with E-state index in [4.69, 9.17) is 4.74 Å². The molecule has 124 valence electrons. The Kier molecular flexibility index (Phi) is 6.89. The molecule has 0 aromatic heterocycles. The van der Waals surface area contributed by atoms with Gasteiger partial charge < -0.3 is 4.74 Å². The largest absolute Gasteiger partial charge is 0.460 e. The third-order valence-electron chi connectivity index (χ3n) is 3.64. The first-order chi connectivity index (χ1) is 10.8. The van der Waals surface area contributed by atoms with Gasteiger partial charge in [0.2, 0.25) is 0 Å². The van der Waals surface area contributed by atoms with Crippen LogP contribution in [0.1, 0.15) is 49.5 Å². The molecule has 0 radical (unpaired) electrons. The van der Waals surface area contributed by atoms with Crippen molar-refractivity contribution in [2.75, 3.05) is 6.61 Å². The molecular formula is C19H24O4. The molecule has 0 saturated carbocycles. The lowest BCUT2D eigenvalue weighted by atomic mass is 9.81. The predicted octanol–water partition coefficient (Wildman–Crippen LogP) is 3.54. The first kappa shape index (κ1) is 18.8. The van der Waals surface area contributed by atoms with E-state index in [1.54, 1.807) is 19.1 Å². The van der Waals surface area contributed by atoms with E-state index in [2.05, 4.69) is 20.4 Å². The maximum Gasteiger partial charge on any atom is 0.379 e. The van der Waals surface area contributed by atoms with Gasteiger partial charge >= 0.3 is 5.97 Å². The fourth-order valence-corrected chi connectivity index (χ4v) is 2.29. The Morgan fingerprint density at radius 2 is 1.78 bits per heavy atom. The second kappa shape index (κ2) is 8.42. The highest BCUT2D eigenvalue weighted by molar-refractivity contribution is 6.40. The van der Waals surface area contributed by atoms with Crippen LogP contribution in [0.25, 0.3) is 0 Å². The highest BCUT2D eigenvalue weighted by atomic mass is 16.5. The molecule has 0 saturated heterocycles. The molecule has 0 aliphatic heterocycles. The van der Waals surface area contributed by atoms with E-state index >= 15 is 0 Å². The lowest BCUT2D eigenvalue weighted by Crippen LogP contribution is -2.18. The van der Waals surface area contributed by atoms with Gasteiger partial charge in [-0.05, 0) is 36.8 Å². The zero-order valence-corrected chi connectivity index (χ0v) is 14.1. The van der Waals surface area contributed by atoms with Gasteiger partial charge in [0, 0.05) is 12.0 Å². The van der Waals surface area contributed by atoms with Crippen molar-refractivity contribution in [3.8, 4) is 0 Å². The van der Waals surface area contributed by atoms with Gasteiger partial charge in [0.15, 0.2) is 5.78 Å². The maximum atomic E-state index is 11.8. The first-order valence-electron chi connectivity index (χ1n) is 7.74.